The Morgan fingerprint density at radius 2 is 1.38 bits per heavy atom. The van der Waals surface area contributed by atoms with Gasteiger partial charge < -0.3 is 4.90 Å². The molecule has 0 aromatic rings. The van der Waals surface area contributed by atoms with Crippen molar-refractivity contribution in [1.82, 2.24) is 4.90 Å². The Hall–Kier alpha value is -0.260. The van der Waals surface area contributed by atoms with Crippen LogP contribution in [0.3, 0.4) is 0 Å². The molecule has 0 radical (unpaired) electrons. The van der Waals surface area contributed by atoms with Gasteiger partial charge >= 0.3 is 0 Å². The van der Waals surface area contributed by atoms with Crippen molar-refractivity contribution in [1.29, 1.82) is 0 Å². The maximum atomic E-state index is 10.9. The Labute approximate surface area is 95.6 Å². The summed E-state index contributed by atoms with van der Waals surface area (Å²) in [6.45, 7) is -0.243. The molecule has 0 aromatic heterocycles. The van der Waals surface area contributed by atoms with Gasteiger partial charge in [0.25, 0.3) is 26.1 Å². The van der Waals surface area contributed by atoms with Crippen molar-refractivity contribution in [2.24, 2.45) is 5.73 Å². The van der Waals surface area contributed by atoms with E-state index in [-0.39, 0.29) is 6.54 Å². The molecule has 0 heterocycles. The Morgan fingerprint density at radius 3 is 1.56 bits per heavy atom. The van der Waals surface area contributed by atoms with Crippen molar-refractivity contribution >= 4 is 20.2 Å². The van der Waals surface area contributed by atoms with Crippen LogP contribution < -0.4 is 5.73 Å². The molecule has 0 fully saturated rings. The molecule has 0 saturated heterocycles. The van der Waals surface area contributed by atoms with Gasteiger partial charge in [0.1, 0.15) is 0 Å². The molecular weight excluding hydrogens is 260 g/mol. The van der Waals surface area contributed by atoms with E-state index in [9.17, 15) is 16.8 Å². The lowest BCUT2D eigenvalue weighted by atomic mass is 10.5. The second-order valence-electron chi connectivity index (χ2n) is 3.62. The highest BCUT2D eigenvalue weighted by Crippen LogP contribution is 2.13. The molecule has 0 aromatic carbocycles. The second kappa shape index (κ2) is 4.94. The van der Waals surface area contributed by atoms with Gasteiger partial charge in [0, 0.05) is 0 Å². The highest BCUT2D eigenvalue weighted by atomic mass is 32.2. The molecule has 2 N–H and O–H groups in total. The molecular formula is C6H16N2O6S2. The summed E-state index contributed by atoms with van der Waals surface area (Å²) in [5.41, 5.74) is 5.43. The second-order valence-corrected chi connectivity index (χ2v) is 6.77. The van der Waals surface area contributed by atoms with Gasteiger partial charge in [0.15, 0.2) is 0 Å². The number of hydrogen-bond acceptors (Lipinski definition) is 8. The van der Waals surface area contributed by atoms with Crippen molar-refractivity contribution in [3.8, 4) is 0 Å². The molecule has 8 nitrogen and oxygen atoms in total. The molecule has 16 heavy (non-hydrogen) atoms. The zero-order chi connectivity index (χ0) is 13.2. The van der Waals surface area contributed by atoms with Crippen molar-refractivity contribution in [3.63, 3.8) is 0 Å². The summed E-state index contributed by atoms with van der Waals surface area (Å²) in [5, 5.41) is 0. The molecule has 10 heteroatoms. The lowest BCUT2D eigenvalue weighted by molar-refractivity contribution is -0.111. The van der Waals surface area contributed by atoms with Crippen molar-refractivity contribution in [2.45, 2.75) is 5.91 Å². The number of rotatable bonds is 6. The third kappa shape index (κ3) is 7.96. The lowest BCUT2D eigenvalue weighted by Gasteiger charge is -2.28. The van der Waals surface area contributed by atoms with Gasteiger partial charge in [-0.3, -0.25) is 5.73 Å². The van der Waals surface area contributed by atoms with Crippen molar-refractivity contribution < 1.29 is 25.2 Å². The van der Waals surface area contributed by atoms with Crippen LogP contribution in [0.1, 0.15) is 0 Å². The van der Waals surface area contributed by atoms with Gasteiger partial charge in [-0.1, -0.05) is 0 Å². The fraction of sp³-hybridized carbons (Fsp3) is 1.00. The molecule has 0 aliphatic heterocycles. The fourth-order valence-corrected chi connectivity index (χ4v) is 2.26. The number of hydrogen-bond donors (Lipinski definition) is 1. The summed E-state index contributed by atoms with van der Waals surface area (Å²) in [7, 11) is -4.77. The maximum absolute atomic E-state index is 10.9. The Morgan fingerprint density at radius 1 is 1.06 bits per heavy atom. The van der Waals surface area contributed by atoms with E-state index >= 15 is 0 Å². The molecule has 98 valence electrons. The topological polar surface area (TPSA) is 116 Å². The molecule has 0 saturated carbocycles. The smallest absolute Gasteiger partial charge is 0.270 e. The van der Waals surface area contributed by atoms with Gasteiger partial charge in [-0.15, -0.1) is 0 Å². The van der Waals surface area contributed by atoms with E-state index in [0.29, 0.717) is 0 Å². The lowest BCUT2D eigenvalue weighted by Crippen LogP contribution is -2.54. The van der Waals surface area contributed by atoms with Gasteiger partial charge in [-0.25, -0.2) is 8.37 Å². The molecule has 0 rings (SSSR count). The minimum Gasteiger partial charge on any atom is -0.303 e. The van der Waals surface area contributed by atoms with E-state index in [1.54, 1.807) is 14.1 Å². The number of nitrogens with two attached hydrogens (primary N) is 1. The quantitative estimate of drug-likeness (QED) is 0.442. The molecule has 0 unspecified atom stereocenters. The number of likely N-dealkylation sites (N-methyl/N-ethyl adjacent to an activating group) is 1. The van der Waals surface area contributed by atoms with Crippen molar-refractivity contribution in [3.05, 3.63) is 0 Å². The van der Waals surface area contributed by atoms with Crippen LogP contribution in [0.2, 0.25) is 0 Å². The zero-order valence-corrected chi connectivity index (χ0v) is 11.1. The van der Waals surface area contributed by atoms with Gasteiger partial charge in [0.05, 0.1) is 19.1 Å². The van der Waals surface area contributed by atoms with E-state index in [1.165, 1.54) is 4.90 Å². The van der Waals surface area contributed by atoms with Crippen LogP contribution in [0.15, 0.2) is 0 Å². The minimum absolute atomic E-state index is 0.243. The zero-order valence-electron chi connectivity index (χ0n) is 9.50. The third-order valence-corrected chi connectivity index (χ3v) is 2.29. The third-order valence-electron chi connectivity index (χ3n) is 1.12. The highest BCUT2D eigenvalue weighted by molar-refractivity contribution is 7.86. The fourth-order valence-electron chi connectivity index (χ4n) is 1.02. The minimum atomic E-state index is -3.94. The van der Waals surface area contributed by atoms with Crippen LogP contribution in [0.25, 0.3) is 0 Å². The van der Waals surface area contributed by atoms with Crippen LogP contribution >= 0.6 is 0 Å². The average Bonchev–Trinajstić information content (AvgIpc) is 1.69. The number of nitrogens with zero attached hydrogens (tertiary/aromatic N) is 1. The van der Waals surface area contributed by atoms with Gasteiger partial charge in [-0.2, -0.15) is 16.8 Å². The molecule has 0 atom stereocenters. The summed E-state index contributed by atoms with van der Waals surface area (Å²) in [4.78, 5) is 1.43. The molecule has 0 amide bonds. The van der Waals surface area contributed by atoms with E-state index in [0.717, 1.165) is 12.5 Å². The molecule has 0 bridgehead atoms. The molecule has 0 aliphatic rings. The Balaban J connectivity index is 5.04. The predicted octanol–water partition coefficient (Wildman–Crippen LogP) is -1.89. The van der Waals surface area contributed by atoms with Gasteiger partial charge in [-0.05, 0) is 14.1 Å². The Kier molecular flexibility index (Phi) is 4.86. The Bertz CT molecular complexity index is 392. The van der Waals surface area contributed by atoms with Crippen LogP contribution in [0.4, 0.5) is 0 Å². The summed E-state index contributed by atoms with van der Waals surface area (Å²) >= 11 is 0. The summed E-state index contributed by atoms with van der Waals surface area (Å²) in [6, 6.07) is 0. The van der Waals surface area contributed by atoms with Crippen molar-refractivity contribution in [2.75, 3.05) is 33.2 Å². The largest absolute Gasteiger partial charge is 0.303 e. The first-order chi connectivity index (χ1) is 6.83. The summed E-state index contributed by atoms with van der Waals surface area (Å²) < 4.78 is 52.5. The van der Waals surface area contributed by atoms with E-state index in [2.05, 4.69) is 8.37 Å². The van der Waals surface area contributed by atoms with Crippen LogP contribution in [-0.4, -0.2) is 60.8 Å². The van der Waals surface area contributed by atoms with E-state index in [1.807, 2.05) is 0 Å². The van der Waals surface area contributed by atoms with E-state index < -0.39 is 26.1 Å². The van der Waals surface area contributed by atoms with Crippen LogP contribution in [-0.2, 0) is 28.6 Å². The first kappa shape index (κ1) is 15.7. The molecule has 0 aliphatic carbocycles. The molecule has 0 spiro atoms. The summed E-state index contributed by atoms with van der Waals surface area (Å²) in [6.07, 6.45) is 1.49. The SMILES string of the molecule is CN(C)CC(N)(OS(C)(=O)=O)OS(C)(=O)=O. The monoisotopic (exact) mass is 276 g/mol. The maximum Gasteiger partial charge on any atom is 0.270 e. The van der Waals surface area contributed by atoms with Gasteiger partial charge in [0.2, 0.25) is 0 Å². The van der Waals surface area contributed by atoms with Crippen LogP contribution in [0, 0.1) is 0 Å². The first-order valence-corrected chi connectivity index (χ1v) is 7.71. The predicted molar refractivity (Wildman–Crippen MR) is 57.3 cm³/mol. The summed E-state index contributed by atoms with van der Waals surface area (Å²) in [5.74, 6) is -2.26. The highest BCUT2D eigenvalue weighted by Gasteiger charge is 2.36. The van der Waals surface area contributed by atoms with Crippen LogP contribution in [0.5, 0.6) is 0 Å². The first-order valence-electron chi connectivity index (χ1n) is 4.08. The van der Waals surface area contributed by atoms with E-state index in [4.69, 9.17) is 5.73 Å². The average molecular weight is 276 g/mol. The normalized spacial score (nSPS) is 14.4. The standard InChI is InChI=1S/C6H16N2O6S2/c1-8(2)5-6(7,13-15(3,9)10)14-16(4,11)12/h5,7H2,1-4H3.